The maximum Gasteiger partial charge on any atom is 0.258 e. The molecule has 9 nitrogen and oxygen atoms in total. The monoisotopic (exact) mass is 567 g/mol. The number of piperazine rings is 1. The van der Waals surface area contributed by atoms with E-state index in [2.05, 4.69) is 25.1 Å². The number of carbonyl (C=O) groups is 2. The second-order valence-electron chi connectivity index (χ2n) is 11.7. The summed E-state index contributed by atoms with van der Waals surface area (Å²) in [6, 6.07) is 13.2. The number of allylic oxidation sites excluding steroid dienone is 1. The molecule has 6 rings (SSSR count). The minimum atomic E-state index is -0.114. The second kappa shape index (κ2) is 12.5. The second-order valence-corrected chi connectivity index (χ2v) is 11.7. The van der Waals surface area contributed by atoms with Gasteiger partial charge in [0.2, 0.25) is 0 Å². The van der Waals surface area contributed by atoms with E-state index in [1.54, 1.807) is 34.0 Å². The lowest BCUT2D eigenvalue weighted by Crippen LogP contribution is -2.47. The molecule has 0 saturated carbocycles. The number of hydrogen-bond donors (Lipinski definition) is 1. The summed E-state index contributed by atoms with van der Waals surface area (Å²) in [5, 5.41) is 7.80. The highest BCUT2D eigenvalue weighted by atomic mass is 16.2. The molecule has 1 amide bonds. The van der Waals surface area contributed by atoms with Crippen LogP contribution in [0.2, 0.25) is 0 Å². The third-order valence-corrected chi connectivity index (χ3v) is 8.80. The number of aryl methyl sites for hydroxylation is 2. The minimum Gasteiger partial charge on any atom is -0.375 e. The van der Waals surface area contributed by atoms with Crippen LogP contribution < -0.4 is 10.2 Å². The summed E-state index contributed by atoms with van der Waals surface area (Å²) in [6.45, 7) is 11.0. The van der Waals surface area contributed by atoms with Crippen molar-refractivity contribution in [3.8, 4) is 0 Å². The molecule has 3 aromatic rings. The molecule has 3 aliphatic heterocycles. The van der Waals surface area contributed by atoms with E-state index in [0.29, 0.717) is 17.7 Å². The number of hydrogen-bond acceptors (Lipinski definition) is 7. The number of nitrogens with one attached hydrogen (secondary N) is 1. The normalized spacial score (nSPS) is 18.0. The molecule has 2 aromatic carbocycles. The molecule has 0 atom stereocenters. The Hall–Kier alpha value is -3.95. The van der Waals surface area contributed by atoms with Crippen molar-refractivity contribution in [2.24, 2.45) is 7.05 Å². The largest absolute Gasteiger partial charge is 0.375 e. The zero-order valence-electron chi connectivity index (χ0n) is 24.8. The van der Waals surface area contributed by atoms with Crippen LogP contribution in [-0.4, -0.2) is 88.5 Å². The predicted octanol–water partition coefficient (Wildman–Crippen LogP) is 4.43. The first kappa shape index (κ1) is 28.2. The van der Waals surface area contributed by atoms with Gasteiger partial charge < -0.3 is 20.0 Å². The molecular weight excluding hydrogens is 526 g/mol. The van der Waals surface area contributed by atoms with E-state index in [4.69, 9.17) is 0 Å². The molecule has 42 heavy (non-hydrogen) atoms. The summed E-state index contributed by atoms with van der Waals surface area (Å²) >= 11 is 0. The minimum absolute atomic E-state index is 0.0386. The van der Waals surface area contributed by atoms with Crippen molar-refractivity contribution in [2.75, 3.05) is 62.6 Å². The predicted molar refractivity (Wildman–Crippen MR) is 166 cm³/mol. The van der Waals surface area contributed by atoms with Gasteiger partial charge in [0.1, 0.15) is 5.82 Å². The topological polar surface area (TPSA) is 76.9 Å². The van der Waals surface area contributed by atoms with Gasteiger partial charge in [-0.2, -0.15) is 5.10 Å². The van der Waals surface area contributed by atoms with Crippen molar-refractivity contribution in [3.63, 3.8) is 0 Å². The molecule has 0 spiro atoms. The van der Waals surface area contributed by atoms with Crippen LogP contribution in [0.1, 0.15) is 51.1 Å². The standard InChI is InChI=1S/C33H41N7O2/c1-25-22-26(33(42)40-24-27-23-34-36(2)32(27)35-29-8-4-5-9-30(29)40)10-11-28(25)31(41)12-15-38-17-20-39(21-18-38)19-16-37-13-6-3-7-14-37/h4-5,8-12,15,22-23,35H,3,6-7,13-14,16-21,24H2,1-2H3/b15-12+. The van der Waals surface area contributed by atoms with Gasteiger partial charge >= 0.3 is 0 Å². The lowest BCUT2D eigenvalue weighted by Gasteiger charge is -2.36. The highest BCUT2D eigenvalue weighted by molar-refractivity contribution is 6.10. The first-order chi connectivity index (χ1) is 20.5. The molecule has 2 fully saturated rings. The van der Waals surface area contributed by atoms with Crippen LogP contribution in [0.15, 0.2) is 60.9 Å². The number of aromatic nitrogens is 2. The van der Waals surface area contributed by atoms with Crippen molar-refractivity contribution in [1.29, 1.82) is 0 Å². The number of likely N-dealkylation sites (tertiary alicyclic amines) is 1. The van der Waals surface area contributed by atoms with Crippen molar-refractivity contribution >= 4 is 28.9 Å². The molecule has 0 radical (unpaired) electrons. The molecule has 220 valence electrons. The molecule has 9 heteroatoms. The molecule has 1 aromatic heterocycles. The average molecular weight is 568 g/mol. The number of amides is 1. The number of rotatable bonds is 7. The van der Waals surface area contributed by atoms with Gasteiger partial charge in [0.05, 0.1) is 24.1 Å². The highest BCUT2D eigenvalue weighted by Gasteiger charge is 2.27. The van der Waals surface area contributed by atoms with E-state index in [-0.39, 0.29) is 11.7 Å². The number of ketones is 1. The SMILES string of the molecule is Cc1cc(C(=O)N2Cc3cnn(C)c3Nc3ccccc32)ccc1C(=O)/C=C/N1CCN(CCN2CCCCC2)CC1. The number of piperidine rings is 1. The zero-order chi connectivity index (χ0) is 29.1. The van der Waals surface area contributed by atoms with E-state index < -0.39 is 0 Å². The van der Waals surface area contributed by atoms with Crippen LogP contribution in [0.5, 0.6) is 0 Å². The Bertz CT molecular complexity index is 1460. The summed E-state index contributed by atoms with van der Waals surface area (Å²) in [7, 11) is 1.89. The summed E-state index contributed by atoms with van der Waals surface area (Å²) < 4.78 is 1.79. The van der Waals surface area contributed by atoms with Crippen LogP contribution in [0.4, 0.5) is 17.2 Å². The maximum atomic E-state index is 13.8. The van der Waals surface area contributed by atoms with Crippen molar-refractivity contribution in [1.82, 2.24) is 24.5 Å². The Morgan fingerprint density at radius 3 is 2.43 bits per heavy atom. The smallest absolute Gasteiger partial charge is 0.258 e. The van der Waals surface area contributed by atoms with Gasteiger partial charge in [0.25, 0.3) is 5.91 Å². The summed E-state index contributed by atoms with van der Waals surface area (Å²) in [5.41, 5.74) is 4.57. The number of fused-ring (bicyclic) bond motifs is 2. The number of benzene rings is 2. The highest BCUT2D eigenvalue weighted by Crippen LogP contribution is 2.36. The third-order valence-electron chi connectivity index (χ3n) is 8.80. The molecular formula is C33H41N7O2. The van der Waals surface area contributed by atoms with Gasteiger partial charge in [0, 0.05) is 75.3 Å². The fraction of sp³-hybridized carbons (Fsp3) is 0.424. The van der Waals surface area contributed by atoms with Gasteiger partial charge in [-0.1, -0.05) is 24.6 Å². The van der Waals surface area contributed by atoms with E-state index in [9.17, 15) is 9.59 Å². The van der Waals surface area contributed by atoms with E-state index in [1.165, 1.54) is 32.4 Å². The lowest BCUT2D eigenvalue weighted by molar-refractivity contribution is 0.0983. The molecule has 2 saturated heterocycles. The summed E-state index contributed by atoms with van der Waals surface area (Å²) in [6.07, 6.45) is 9.46. The third kappa shape index (κ3) is 6.12. The molecule has 4 heterocycles. The molecule has 0 aliphatic carbocycles. The van der Waals surface area contributed by atoms with Crippen molar-refractivity contribution < 1.29 is 9.59 Å². The van der Waals surface area contributed by atoms with Crippen molar-refractivity contribution in [2.45, 2.75) is 32.7 Å². The zero-order valence-corrected chi connectivity index (χ0v) is 24.8. The lowest BCUT2D eigenvalue weighted by atomic mass is 10.0. The fourth-order valence-corrected chi connectivity index (χ4v) is 6.23. The fourth-order valence-electron chi connectivity index (χ4n) is 6.23. The Balaban J connectivity index is 1.08. The molecule has 0 bridgehead atoms. The maximum absolute atomic E-state index is 13.8. The van der Waals surface area contributed by atoms with Crippen LogP contribution in [-0.2, 0) is 13.6 Å². The van der Waals surface area contributed by atoms with E-state index >= 15 is 0 Å². The van der Waals surface area contributed by atoms with Crippen LogP contribution in [0.3, 0.4) is 0 Å². The van der Waals surface area contributed by atoms with Gasteiger partial charge in [-0.05, 0) is 62.7 Å². The van der Waals surface area contributed by atoms with Crippen LogP contribution >= 0.6 is 0 Å². The quantitative estimate of drug-likeness (QED) is 0.334. The van der Waals surface area contributed by atoms with Gasteiger partial charge in [-0.15, -0.1) is 0 Å². The molecule has 3 aliphatic rings. The Morgan fingerprint density at radius 1 is 0.929 bits per heavy atom. The average Bonchev–Trinajstić information content (AvgIpc) is 3.26. The number of anilines is 3. The van der Waals surface area contributed by atoms with E-state index in [1.807, 2.05) is 50.5 Å². The summed E-state index contributed by atoms with van der Waals surface area (Å²) in [4.78, 5) is 36.1. The van der Waals surface area contributed by atoms with E-state index in [0.717, 1.165) is 67.6 Å². The Morgan fingerprint density at radius 2 is 1.67 bits per heavy atom. The summed E-state index contributed by atoms with van der Waals surface area (Å²) in [5.74, 6) is 0.723. The Labute approximate surface area is 248 Å². The number of para-hydroxylation sites is 2. The van der Waals surface area contributed by atoms with Gasteiger partial charge in [0.15, 0.2) is 5.78 Å². The first-order valence-electron chi connectivity index (χ1n) is 15.2. The number of carbonyl (C=O) groups excluding carboxylic acids is 2. The van der Waals surface area contributed by atoms with Crippen LogP contribution in [0.25, 0.3) is 0 Å². The van der Waals surface area contributed by atoms with Gasteiger partial charge in [-0.3, -0.25) is 19.2 Å². The van der Waals surface area contributed by atoms with Crippen molar-refractivity contribution in [3.05, 3.63) is 83.2 Å². The van der Waals surface area contributed by atoms with Gasteiger partial charge in [-0.25, -0.2) is 0 Å². The number of nitrogens with zero attached hydrogens (tertiary/aromatic N) is 6. The van der Waals surface area contributed by atoms with Crippen LogP contribution in [0, 0.1) is 6.92 Å². The Kier molecular flexibility index (Phi) is 8.39. The first-order valence-corrected chi connectivity index (χ1v) is 15.2. The molecule has 1 N–H and O–H groups in total. The molecule has 0 unspecified atom stereocenters.